The van der Waals surface area contributed by atoms with Gasteiger partial charge in [0.25, 0.3) is 0 Å². The average molecular weight is 240 g/mol. The number of hydrogen-bond acceptors (Lipinski definition) is 3. The minimum atomic E-state index is -0.377. The van der Waals surface area contributed by atoms with Gasteiger partial charge in [-0.2, -0.15) is 10.2 Å². The first-order valence-corrected chi connectivity index (χ1v) is 5.98. The highest BCUT2D eigenvalue weighted by Crippen LogP contribution is 2.23. The third-order valence-corrected chi connectivity index (χ3v) is 2.54. The molecule has 2 aromatic rings. The van der Waals surface area contributed by atoms with Crippen LogP contribution in [0, 0.1) is 0 Å². The van der Waals surface area contributed by atoms with Gasteiger partial charge in [-0.25, -0.2) is 0 Å². The molecule has 0 aliphatic carbocycles. The molecule has 0 spiro atoms. The average Bonchev–Trinajstić information content (AvgIpc) is 2.38. The van der Waals surface area contributed by atoms with E-state index < -0.39 is 0 Å². The zero-order valence-electron chi connectivity index (χ0n) is 10.3. The molecule has 3 nitrogen and oxygen atoms in total. The fourth-order valence-electron chi connectivity index (χ4n) is 1.71. The lowest BCUT2D eigenvalue weighted by molar-refractivity contribution is 0.195. The second kappa shape index (κ2) is 6.07. The molecule has 0 bridgehead atoms. The second-order valence-electron chi connectivity index (χ2n) is 4.22. The van der Waals surface area contributed by atoms with Crippen LogP contribution in [0.3, 0.4) is 0 Å². The van der Waals surface area contributed by atoms with E-state index in [9.17, 15) is 5.11 Å². The summed E-state index contributed by atoms with van der Waals surface area (Å²) >= 11 is 0. The zero-order chi connectivity index (χ0) is 12.8. The van der Waals surface area contributed by atoms with Gasteiger partial charge < -0.3 is 5.11 Å². The number of nitrogens with zero attached hydrogens (tertiary/aromatic N) is 2. The van der Waals surface area contributed by atoms with Crippen LogP contribution in [0.15, 0.2) is 64.8 Å². The normalized spacial score (nSPS) is 12.8. The van der Waals surface area contributed by atoms with E-state index in [1.165, 1.54) is 0 Å². The molecule has 0 amide bonds. The van der Waals surface area contributed by atoms with Gasteiger partial charge in [-0.1, -0.05) is 36.4 Å². The van der Waals surface area contributed by atoms with Crippen LogP contribution >= 0.6 is 0 Å². The van der Waals surface area contributed by atoms with Gasteiger partial charge in [0.05, 0.1) is 17.5 Å². The van der Waals surface area contributed by atoms with Gasteiger partial charge in [-0.3, -0.25) is 0 Å². The molecule has 18 heavy (non-hydrogen) atoms. The maximum atomic E-state index is 9.44. The van der Waals surface area contributed by atoms with Crippen molar-refractivity contribution in [1.82, 2.24) is 0 Å². The van der Waals surface area contributed by atoms with Crippen molar-refractivity contribution < 1.29 is 5.11 Å². The Kier molecular flexibility index (Phi) is 4.20. The number of aliphatic hydroxyl groups is 1. The summed E-state index contributed by atoms with van der Waals surface area (Å²) in [6.45, 7) is 1.77. The summed E-state index contributed by atoms with van der Waals surface area (Å²) in [7, 11) is 0. The van der Waals surface area contributed by atoms with E-state index in [1.807, 2.05) is 54.6 Å². The molecule has 2 rings (SSSR count). The van der Waals surface area contributed by atoms with Gasteiger partial charge in [0, 0.05) is 6.42 Å². The molecule has 0 saturated heterocycles. The fraction of sp³-hybridized carbons (Fsp3) is 0.200. The summed E-state index contributed by atoms with van der Waals surface area (Å²) in [5.74, 6) is 0. The van der Waals surface area contributed by atoms with Crippen LogP contribution in [0.2, 0.25) is 0 Å². The van der Waals surface area contributed by atoms with E-state index in [4.69, 9.17) is 0 Å². The third-order valence-electron chi connectivity index (χ3n) is 2.54. The standard InChI is InChI=1S/C15H16N2O/c1-12(18)11-13-7-5-6-10-15(13)17-16-14-8-3-2-4-9-14/h2-10,12,18H,11H2,1H3. The van der Waals surface area contributed by atoms with Crippen molar-refractivity contribution in [2.75, 3.05) is 0 Å². The largest absolute Gasteiger partial charge is 0.393 e. The quantitative estimate of drug-likeness (QED) is 0.806. The number of aliphatic hydroxyl groups excluding tert-OH is 1. The van der Waals surface area contributed by atoms with E-state index in [1.54, 1.807) is 6.92 Å². The fourth-order valence-corrected chi connectivity index (χ4v) is 1.71. The monoisotopic (exact) mass is 240 g/mol. The SMILES string of the molecule is CC(O)Cc1ccccc1N=Nc1ccccc1. The molecule has 0 saturated carbocycles. The number of hydrogen-bond donors (Lipinski definition) is 1. The highest BCUT2D eigenvalue weighted by atomic mass is 16.3. The van der Waals surface area contributed by atoms with Crippen molar-refractivity contribution >= 4 is 11.4 Å². The lowest BCUT2D eigenvalue weighted by Crippen LogP contribution is -2.03. The van der Waals surface area contributed by atoms with Crippen molar-refractivity contribution in [3.8, 4) is 0 Å². The van der Waals surface area contributed by atoms with Gasteiger partial charge in [-0.05, 0) is 30.7 Å². The Balaban J connectivity index is 2.21. The van der Waals surface area contributed by atoms with E-state index in [0.717, 1.165) is 16.9 Å². The summed E-state index contributed by atoms with van der Waals surface area (Å²) in [6.07, 6.45) is 0.211. The van der Waals surface area contributed by atoms with Crippen LogP contribution < -0.4 is 0 Å². The summed E-state index contributed by atoms with van der Waals surface area (Å²) in [5, 5.41) is 17.9. The molecule has 2 aromatic carbocycles. The summed E-state index contributed by atoms with van der Waals surface area (Å²) in [5.41, 5.74) is 2.64. The molecule has 1 N–H and O–H groups in total. The first-order valence-electron chi connectivity index (χ1n) is 5.98. The maximum absolute atomic E-state index is 9.44. The van der Waals surface area contributed by atoms with Gasteiger partial charge in [0.2, 0.25) is 0 Å². The van der Waals surface area contributed by atoms with Crippen molar-refractivity contribution in [2.45, 2.75) is 19.4 Å². The van der Waals surface area contributed by atoms with Gasteiger partial charge >= 0.3 is 0 Å². The van der Waals surface area contributed by atoms with Crippen molar-refractivity contribution in [3.05, 3.63) is 60.2 Å². The lowest BCUT2D eigenvalue weighted by atomic mass is 10.1. The van der Waals surface area contributed by atoms with Crippen molar-refractivity contribution in [3.63, 3.8) is 0 Å². The Morgan fingerprint density at radius 3 is 2.33 bits per heavy atom. The first kappa shape index (κ1) is 12.5. The topological polar surface area (TPSA) is 45.0 Å². The molecule has 0 heterocycles. The summed E-state index contributed by atoms with van der Waals surface area (Å²) in [4.78, 5) is 0. The van der Waals surface area contributed by atoms with E-state index in [-0.39, 0.29) is 6.10 Å². The van der Waals surface area contributed by atoms with E-state index in [0.29, 0.717) is 6.42 Å². The minimum absolute atomic E-state index is 0.377. The number of rotatable bonds is 4. The number of benzene rings is 2. The third kappa shape index (κ3) is 3.50. The van der Waals surface area contributed by atoms with Crippen molar-refractivity contribution in [2.24, 2.45) is 10.2 Å². The molecule has 0 aliphatic heterocycles. The predicted molar refractivity (Wildman–Crippen MR) is 72.4 cm³/mol. The molecule has 0 radical (unpaired) electrons. The summed E-state index contributed by atoms with van der Waals surface area (Å²) < 4.78 is 0. The highest BCUT2D eigenvalue weighted by Gasteiger charge is 2.04. The molecule has 0 aromatic heterocycles. The zero-order valence-corrected chi connectivity index (χ0v) is 10.3. The van der Waals surface area contributed by atoms with Gasteiger partial charge in [-0.15, -0.1) is 0 Å². The van der Waals surface area contributed by atoms with Crippen LogP contribution in [0.5, 0.6) is 0 Å². The smallest absolute Gasteiger partial charge is 0.0889 e. The summed E-state index contributed by atoms with van der Waals surface area (Å²) in [6, 6.07) is 17.3. The predicted octanol–water partition coefficient (Wildman–Crippen LogP) is 4.03. The molecule has 0 aliphatic rings. The lowest BCUT2D eigenvalue weighted by Gasteiger charge is -2.06. The molecule has 92 valence electrons. The Morgan fingerprint density at radius 1 is 0.944 bits per heavy atom. The Labute approximate surface area is 107 Å². The van der Waals surface area contributed by atoms with Crippen LogP contribution in [0.1, 0.15) is 12.5 Å². The molecule has 3 heteroatoms. The minimum Gasteiger partial charge on any atom is -0.393 e. The Hall–Kier alpha value is -2.00. The van der Waals surface area contributed by atoms with E-state index >= 15 is 0 Å². The Morgan fingerprint density at radius 2 is 1.61 bits per heavy atom. The van der Waals surface area contributed by atoms with E-state index in [2.05, 4.69) is 10.2 Å². The van der Waals surface area contributed by atoms with Crippen LogP contribution in [0.4, 0.5) is 11.4 Å². The van der Waals surface area contributed by atoms with Crippen molar-refractivity contribution in [1.29, 1.82) is 0 Å². The van der Waals surface area contributed by atoms with Gasteiger partial charge in [0.1, 0.15) is 0 Å². The highest BCUT2D eigenvalue weighted by molar-refractivity contribution is 5.46. The van der Waals surface area contributed by atoms with Crippen LogP contribution in [-0.4, -0.2) is 11.2 Å². The first-order chi connectivity index (χ1) is 8.75. The maximum Gasteiger partial charge on any atom is 0.0889 e. The second-order valence-corrected chi connectivity index (χ2v) is 4.22. The molecule has 1 atom stereocenters. The number of azo groups is 1. The van der Waals surface area contributed by atoms with Crippen LogP contribution in [-0.2, 0) is 6.42 Å². The molecule has 1 unspecified atom stereocenters. The molecular formula is C15H16N2O. The molecular weight excluding hydrogens is 224 g/mol. The molecule has 0 fully saturated rings. The Bertz CT molecular complexity index is 521. The van der Waals surface area contributed by atoms with Gasteiger partial charge in [0.15, 0.2) is 0 Å². The van der Waals surface area contributed by atoms with Crippen LogP contribution in [0.25, 0.3) is 0 Å².